The first-order valence-corrected chi connectivity index (χ1v) is 8.69. The minimum absolute atomic E-state index is 1.11. The van der Waals surface area contributed by atoms with E-state index in [-0.39, 0.29) is 0 Å². The summed E-state index contributed by atoms with van der Waals surface area (Å²) in [6, 6.07) is 14.6. The van der Waals surface area contributed by atoms with Gasteiger partial charge in [-0.15, -0.1) is 0 Å². The Morgan fingerprint density at radius 3 is 2.55 bits per heavy atom. The van der Waals surface area contributed by atoms with Crippen LogP contribution in [0.4, 0.5) is 11.4 Å². The third-order valence-corrected chi connectivity index (χ3v) is 4.85. The zero-order chi connectivity index (χ0) is 14.4. The number of rotatable bonds is 2. The molecule has 0 fully saturated rings. The molecule has 0 bridgehead atoms. The number of anilines is 2. The molecule has 2 aromatic rings. The van der Waals surface area contributed by atoms with Crippen LogP contribution in [0.5, 0.6) is 0 Å². The second kappa shape index (κ2) is 8.19. The Morgan fingerprint density at radius 1 is 1.10 bits per heavy atom. The van der Waals surface area contributed by atoms with Crippen molar-refractivity contribution in [1.82, 2.24) is 0 Å². The number of hydrogen-bond acceptors (Lipinski definition) is 2. The topological polar surface area (TPSA) is 12.0 Å². The molecule has 3 rings (SSSR count). The number of hydrogen-bond donors (Lipinski definition) is 1. The zero-order valence-corrected chi connectivity index (χ0v) is 14.4. The predicted molar refractivity (Wildman–Crippen MR) is 93.5 cm³/mol. The summed E-state index contributed by atoms with van der Waals surface area (Å²) in [5.41, 5.74) is 2.35. The van der Waals surface area contributed by atoms with Crippen molar-refractivity contribution in [1.29, 1.82) is 0 Å². The predicted octanol–water partition coefficient (Wildman–Crippen LogP) is 6.03. The van der Waals surface area contributed by atoms with Gasteiger partial charge in [-0.05, 0) is 40.2 Å². The fourth-order valence-corrected chi connectivity index (χ4v) is 3.60. The maximum atomic E-state index is 3.56. The van der Waals surface area contributed by atoms with Crippen molar-refractivity contribution in [2.75, 3.05) is 5.32 Å². The summed E-state index contributed by atoms with van der Waals surface area (Å²) < 4.78 is 1.11. The molecule has 0 saturated heterocycles. The summed E-state index contributed by atoms with van der Waals surface area (Å²) in [5.74, 6) is 0. The summed E-state index contributed by atoms with van der Waals surface area (Å²) in [6.45, 7) is 2.21. The van der Waals surface area contributed by atoms with Crippen LogP contribution in [0.3, 0.4) is 0 Å². The summed E-state index contributed by atoms with van der Waals surface area (Å²) in [6.07, 6.45) is 2.73. The fraction of sp³-hybridized carbons (Fsp3) is 0.250. The molecule has 1 aliphatic rings. The van der Waals surface area contributed by atoms with E-state index in [2.05, 4.69) is 82.3 Å². The van der Waals surface area contributed by atoms with Crippen LogP contribution in [-0.4, -0.2) is 17.7 Å². The van der Waals surface area contributed by atoms with Gasteiger partial charge in [0.15, 0.2) is 0 Å². The van der Waals surface area contributed by atoms with Crippen molar-refractivity contribution in [2.45, 2.75) is 34.7 Å². The van der Waals surface area contributed by atoms with Gasteiger partial charge in [0.2, 0.25) is 0 Å². The Balaban J connectivity index is 0.000000257. The van der Waals surface area contributed by atoms with Crippen LogP contribution in [0.1, 0.15) is 19.8 Å². The third kappa shape index (κ3) is 4.08. The Morgan fingerprint density at radius 2 is 1.85 bits per heavy atom. The summed E-state index contributed by atoms with van der Waals surface area (Å²) >= 11 is 7.57. The molecular weight excluding hydrogens is 325 g/mol. The molecule has 0 radical (unpaired) electrons. The molecule has 0 saturated carbocycles. The van der Waals surface area contributed by atoms with E-state index in [4.69, 9.17) is 0 Å². The van der Waals surface area contributed by atoms with Gasteiger partial charge in [0, 0.05) is 14.3 Å². The van der Waals surface area contributed by atoms with Crippen LogP contribution >= 0.6 is 27.7 Å². The SMILES string of the molecule is Brc1cccc2c1Nc1ccccc1S2.[Li][CH2]CCC. The van der Waals surface area contributed by atoms with Gasteiger partial charge in [0.05, 0.1) is 11.4 Å². The summed E-state index contributed by atoms with van der Waals surface area (Å²) in [7, 11) is 0. The van der Waals surface area contributed by atoms with Gasteiger partial charge in [0.25, 0.3) is 0 Å². The second-order valence-corrected chi connectivity index (χ2v) is 6.63. The zero-order valence-electron chi connectivity index (χ0n) is 11.9. The number of unbranched alkanes of at least 4 members (excludes halogenated alkanes) is 1. The van der Waals surface area contributed by atoms with E-state index < -0.39 is 0 Å². The molecule has 0 spiro atoms. The third-order valence-electron chi connectivity index (χ3n) is 3.05. The van der Waals surface area contributed by atoms with Crippen molar-refractivity contribution in [2.24, 2.45) is 0 Å². The number of para-hydroxylation sites is 2. The van der Waals surface area contributed by atoms with Gasteiger partial charge < -0.3 is 5.32 Å². The van der Waals surface area contributed by atoms with Gasteiger partial charge in [0.1, 0.15) is 0 Å². The molecule has 1 nitrogen and oxygen atoms in total. The first-order valence-electron chi connectivity index (χ1n) is 7.08. The average molecular weight is 342 g/mol. The number of fused-ring (bicyclic) bond motifs is 2. The molecule has 0 amide bonds. The Kier molecular flexibility index (Phi) is 6.57. The van der Waals surface area contributed by atoms with Crippen molar-refractivity contribution in [3.8, 4) is 0 Å². The molecule has 0 unspecified atom stereocenters. The second-order valence-electron chi connectivity index (χ2n) is 4.69. The van der Waals surface area contributed by atoms with Crippen molar-refractivity contribution >= 4 is 56.8 Å². The maximum absolute atomic E-state index is 3.56. The molecule has 4 heteroatoms. The van der Waals surface area contributed by atoms with Crippen LogP contribution in [0, 0.1) is 0 Å². The van der Waals surface area contributed by atoms with Gasteiger partial charge in [-0.25, -0.2) is 0 Å². The Hall–Kier alpha value is -0.333. The van der Waals surface area contributed by atoms with Crippen molar-refractivity contribution in [3.63, 3.8) is 0 Å². The first kappa shape index (κ1) is 16.0. The molecule has 1 heterocycles. The van der Waals surface area contributed by atoms with Crippen LogP contribution in [0.2, 0.25) is 5.09 Å². The van der Waals surface area contributed by atoms with Gasteiger partial charge >= 0.3 is 42.6 Å². The number of nitrogens with one attached hydrogen (secondary N) is 1. The van der Waals surface area contributed by atoms with Crippen LogP contribution < -0.4 is 5.32 Å². The normalized spacial score (nSPS) is 11.6. The van der Waals surface area contributed by atoms with Gasteiger partial charge in [-0.2, -0.15) is 0 Å². The monoisotopic (exact) mass is 341 g/mol. The van der Waals surface area contributed by atoms with Crippen LogP contribution in [0.25, 0.3) is 0 Å². The van der Waals surface area contributed by atoms with Crippen LogP contribution in [-0.2, 0) is 0 Å². The van der Waals surface area contributed by atoms with Gasteiger partial charge in [-0.3, -0.25) is 0 Å². The van der Waals surface area contributed by atoms with E-state index in [1.54, 1.807) is 11.8 Å². The van der Waals surface area contributed by atoms with E-state index in [0.717, 1.165) is 4.47 Å². The fourth-order valence-electron chi connectivity index (χ4n) is 1.98. The first-order chi connectivity index (χ1) is 9.76. The summed E-state index contributed by atoms with van der Waals surface area (Å²) in [4.78, 5) is 2.55. The molecule has 1 aliphatic heterocycles. The number of benzene rings is 2. The average Bonchev–Trinajstić information content (AvgIpc) is 2.47. The molecule has 1 N–H and O–H groups in total. The minimum atomic E-state index is 1.11. The Labute approximate surface area is 143 Å². The molecule has 100 valence electrons. The quantitative estimate of drug-likeness (QED) is 0.571. The molecule has 0 aliphatic carbocycles. The van der Waals surface area contributed by atoms with E-state index in [9.17, 15) is 0 Å². The van der Waals surface area contributed by atoms with E-state index in [1.165, 1.54) is 39.1 Å². The molecular formula is C16H17BrLiNS. The molecule has 2 aromatic carbocycles. The summed E-state index contributed by atoms with van der Waals surface area (Å²) in [5, 5.41) is 4.78. The Bertz CT molecular complexity index is 572. The molecule has 0 aromatic heterocycles. The van der Waals surface area contributed by atoms with Crippen molar-refractivity contribution < 1.29 is 0 Å². The van der Waals surface area contributed by atoms with E-state index in [1.807, 2.05) is 6.07 Å². The standard InChI is InChI=1S/C12H8BrNS.C4H9.Li/c13-8-4-3-7-11-12(8)14-9-5-1-2-6-10(9)15-11;1-3-4-2;/h1-7,14H;1,3-4H2,2H3;. The van der Waals surface area contributed by atoms with Crippen LogP contribution in [0.15, 0.2) is 56.7 Å². The molecule has 0 atom stereocenters. The number of halogens is 1. The molecule has 20 heavy (non-hydrogen) atoms. The van der Waals surface area contributed by atoms with Gasteiger partial charge in [-0.1, -0.05) is 30.0 Å². The van der Waals surface area contributed by atoms with E-state index in [0.29, 0.717) is 0 Å². The van der Waals surface area contributed by atoms with E-state index >= 15 is 0 Å². The van der Waals surface area contributed by atoms with Crippen molar-refractivity contribution in [3.05, 3.63) is 46.9 Å².